The van der Waals surface area contributed by atoms with Crippen molar-refractivity contribution >= 4 is 11.0 Å². The summed E-state index contributed by atoms with van der Waals surface area (Å²) in [6.45, 7) is 4.46. The molecule has 120 valence electrons. The van der Waals surface area contributed by atoms with Gasteiger partial charge < -0.3 is 25.1 Å². The number of ether oxygens (including phenoxy) is 1. The Bertz CT molecular complexity index is 685. The van der Waals surface area contributed by atoms with Crippen LogP contribution in [0, 0.1) is 5.41 Å². The Labute approximate surface area is 128 Å². The largest absolute Gasteiger partial charge is 0.396 e. The molecule has 22 heavy (non-hydrogen) atoms. The summed E-state index contributed by atoms with van der Waals surface area (Å²) in [6.07, 6.45) is 1.76. The summed E-state index contributed by atoms with van der Waals surface area (Å²) < 4.78 is 5.39. The van der Waals surface area contributed by atoms with Gasteiger partial charge in [-0.05, 0) is 37.5 Å². The van der Waals surface area contributed by atoms with Gasteiger partial charge in [-0.3, -0.25) is 0 Å². The number of nitrogens with one attached hydrogen (secondary N) is 3. The van der Waals surface area contributed by atoms with Crippen molar-refractivity contribution in [1.82, 2.24) is 15.3 Å². The number of rotatable bonds is 5. The number of aromatic amines is 2. The molecule has 3 rings (SSSR count). The van der Waals surface area contributed by atoms with Crippen molar-refractivity contribution in [3.8, 4) is 0 Å². The minimum absolute atomic E-state index is 0.0843. The number of imidazole rings is 1. The summed E-state index contributed by atoms with van der Waals surface area (Å²) >= 11 is 0. The number of fused-ring (bicyclic) bond motifs is 1. The molecule has 1 atom stereocenters. The predicted molar refractivity (Wildman–Crippen MR) is 84.9 cm³/mol. The van der Waals surface area contributed by atoms with Crippen molar-refractivity contribution in [2.45, 2.75) is 25.8 Å². The number of aliphatic hydroxyl groups excluding tert-OH is 1. The highest BCUT2D eigenvalue weighted by atomic mass is 16.5. The maximum Gasteiger partial charge on any atom is 0.323 e. The normalized spacial score (nSPS) is 19.4. The fourth-order valence-corrected chi connectivity index (χ4v) is 3.00. The molecule has 1 aromatic heterocycles. The zero-order valence-corrected chi connectivity index (χ0v) is 12.8. The third kappa shape index (κ3) is 3.09. The zero-order valence-electron chi connectivity index (χ0n) is 12.8. The molecule has 1 aromatic carbocycles. The van der Waals surface area contributed by atoms with E-state index in [2.05, 4.69) is 22.2 Å². The first kappa shape index (κ1) is 15.3. The molecule has 6 nitrogen and oxygen atoms in total. The number of benzene rings is 1. The molecule has 1 aliphatic rings. The fraction of sp³-hybridized carbons (Fsp3) is 0.562. The molecular formula is C16H23N3O3. The molecule has 0 radical (unpaired) electrons. The third-order valence-corrected chi connectivity index (χ3v) is 4.71. The van der Waals surface area contributed by atoms with E-state index in [1.165, 1.54) is 0 Å². The molecule has 4 N–H and O–H groups in total. The monoisotopic (exact) mass is 305 g/mol. The number of H-pyrrole nitrogens is 2. The highest BCUT2D eigenvalue weighted by Crippen LogP contribution is 2.30. The van der Waals surface area contributed by atoms with Crippen molar-refractivity contribution in [2.24, 2.45) is 5.41 Å². The number of hydrogen-bond acceptors (Lipinski definition) is 4. The van der Waals surface area contributed by atoms with Gasteiger partial charge in [-0.2, -0.15) is 0 Å². The van der Waals surface area contributed by atoms with E-state index in [1.807, 2.05) is 18.2 Å². The Kier molecular flexibility index (Phi) is 4.33. The molecule has 2 heterocycles. The highest BCUT2D eigenvalue weighted by molar-refractivity contribution is 5.75. The Hall–Kier alpha value is -1.63. The van der Waals surface area contributed by atoms with Crippen LogP contribution in [0.25, 0.3) is 11.0 Å². The molecule has 0 spiro atoms. The van der Waals surface area contributed by atoms with Gasteiger partial charge in [0.15, 0.2) is 0 Å². The molecule has 1 saturated heterocycles. The Morgan fingerprint density at radius 3 is 2.77 bits per heavy atom. The summed E-state index contributed by atoms with van der Waals surface area (Å²) in [4.78, 5) is 16.8. The van der Waals surface area contributed by atoms with Crippen LogP contribution in [0.4, 0.5) is 0 Å². The van der Waals surface area contributed by atoms with E-state index < -0.39 is 0 Å². The van der Waals surface area contributed by atoms with Crippen molar-refractivity contribution in [2.75, 3.05) is 26.4 Å². The standard InChI is InChI=1S/C16H23N3O3/c1-11(17-9-16(10-20)4-6-22-7-5-16)12-2-3-13-14(8-12)19-15(21)18-13/h2-3,8,11,17,20H,4-7,9-10H2,1H3,(H2,18,19,21). The summed E-state index contributed by atoms with van der Waals surface area (Å²) in [5.41, 5.74) is 2.48. The lowest BCUT2D eigenvalue weighted by atomic mass is 9.80. The zero-order chi connectivity index (χ0) is 15.6. The second-order valence-electron chi connectivity index (χ2n) is 6.26. The minimum Gasteiger partial charge on any atom is -0.396 e. The van der Waals surface area contributed by atoms with Crippen LogP contribution in [0.3, 0.4) is 0 Å². The third-order valence-electron chi connectivity index (χ3n) is 4.71. The van der Waals surface area contributed by atoms with E-state index in [0.717, 1.165) is 36.0 Å². The SMILES string of the molecule is CC(NCC1(CO)CCOCC1)c1ccc2[nH]c(=O)[nH]c2c1. The Balaban J connectivity index is 1.69. The molecule has 0 saturated carbocycles. The molecule has 0 bridgehead atoms. The Morgan fingerprint density at radius 1 is 1.32 bits per heavy atom. The van der Waals surface area contributed by atoms with Gasteiger partial charge >= 0.3 is 5.69 Å². The van der Waals surface area contributed by atoms with E-state index >= 15 is 0 Å². The summed E-state index contributed by atoms with van der Waals surface area (Å²) in [7, 11) is 0. The lowest BCUT2D eigenvalue weighted by Crippen LogP contribution is -2.42. The number of hydrogen-bond donors (Lipinski definition) is 4. The molecule has 0 amide bonds. The lowest BCUT2D eigenvalue weighted by molar-refractivity contribution is -0.0163. The highest BCUT2D eigenvalue weighted by Gasteiger charge is 2.32. The van der Waals surface area contributed by atoms with Crippen LogP contribution in [0.1, 0.15) is 31.4 Å². The first-order valence-electron chi connectivity index (χ1n) is 7.76. The van der Waals surface area contributed by atoms with Gasteiger partial charge in [0.05, 0.1) is 17.6 Å². The summed E-state index contributed by atoms with van der Waals surface area (Å²) in [5, 5.41) is 13.2. The van der Waals surface area contributed by atoms with Gasteiger partial charge in [0.1, 0.15) is 0 Å². The van der Waals surface area contributed by atoms with Gasteiger partial charge in [0.25, 0.3) is 0 Å². The topological polar surface area (TPSA) is 90.1 Å². The minimum atomic E-state index is -0.186. The molecule has 2 aromatic rings. The van der Waals surface area contributed by atoms with Crippen LogP contribution in [-0.4, -0.2) is 41.4 Å². The summed E-state index contributed by atoms with van der Waals surface area (Å²) in [6, 6.07) is 6.06. The maximum absolute atomic E-state index is 11.3. The molecular weight excluding hydrogens is 282 g/mol. The van der Waals surface area contributed by atoms with E-state index in [4.69, 9.17) is 4.74 Å². The van der Waals surface area contributed by atoms with Crippen LogP contribution in [0.5, 0.6) is 0 Å². The van der Waals surface area contributed by atoms with Crippen LogP contribution < -0.4 is 11.0 Å². The second kappa shape index (κ2) is 6.24. The Morgan fingerprint density at radius 2 is 2.05 bits per heavy atom. The van der Waals surface area contributed by atoms with Gasteiger partial charge in [0.2, 0.25) is 0 Å². The van der Waals surface area contributed by atoms with Gasteiger partial charge in [0, 0.05) is 31.2 Å². The predicted octanol–water partition coefficient (Wildman–Crippen LogP) is 1.30. The van der Waals surface area contributed by atoms with Crippen molar-refractivity contribution in [3.63, 3.8) is 0 Å². The van der Waals surface area contributed by atoms with Gasteiger partial charge in [-0.1, -0.05) is 6.07 Å². The lowest BCUT2D eigenvalue weighted by Gasteiger charge is -2.36. The van der Waals surface area contributed by atoms with Crippen LogP contribution in [0.15, 0.2) is 23.0 Å². The first-order valence-corrected chi connectivity index (χ1v) is 7.76. The molecule has 6 heteroatoms. The average Bonchev–Trinajstić information content (AvgIpc) is 2.92. The van der Waals surface area contributed by atoms with E-state index in [1.54, 1.807) is 0 Å². The average molecular weight is 305 g/mol. The smallest absolute Gasteiger partial charge is 0.323 e. The van der Waals surface area contributed by atoms with Gasteiger partial charge in [-0.15, -0.1) is 0 Å². The van der Waals surface area contributed by atoms with Crippen molar-refractivity contribution in [1.29, 1.82) is 0 Å². The van der Waals surface area contributed by atoms with E-state index in [9.17, 15) is 9.90 Å². The number of aromatic nitrogens is 2. The maximum atomic E-state index is 11.3. The van der Waals surface area contributed by atoms with E-state index in [-0.39, 0.29) is 23.8 Å². The van der Waals surface area contributed by atoms with Crippen molar-refractivity contribution in [3.05, 3.63) is 34.2 Å². The van der Waals surface area contributed by atoms with E-state index in [0.29, 0.717) is 13.2 Å². The molecule has 1 aliphatic heterocycles. The fourth-order valence-electron chi connectivity index (χ4n) is 3.00. The molecule has 1 fully saturated rings. The quantitative estimate of drug-likeness (QED) is 0.670. The summed E-state index contributed by atoms with van der Waals surface area (Å²) in [5.74, 6) is 0. The second-order valence-corrected chi connectivity index (χ2v) is 6.26. The molecule has 1 unspecified atom stereocenters. The van der Waals surface area contributed by atoms with Crippen LogP contribution >= 0.6 is 0 Å². The van der Waals surface area contributed by atoms with Crippen LogP contribution in [-0.2, 0) is 4.74 Å². The first-order chi connectivity index (χ1) is 10.6. The van der Waals surface area contributed by atoms with Crippen LogP contribution in [0.2, 0.25) is 0 Å². The number of aliphatic hydroxyl groups is 1. The molecule has 0 aliphatic carbocycles. The van der Waals surface area contributed by atoms with Gasteiger partial charge in [-0.25, -0.2) is 4.79 Å². The van der Waals surface area contributed by atoms with Crippen molar-refractivity contribution < 1.29 is 9.84 Å².